The number of pyridine rings is 1. The van der Waals surface area contributed by atoms with E-state index in [2.05, 4.69) is 9.72 Å². The molecule has 1 aromatic carbocycles. The van der Waals surface area contributed by atoms with Gasteiger partial charge in [0.2, 0.25) is 5.88 Å². The van der Waals surface area contributed by atoms with Crippen molar-refractivity contribution in [1.82, 2.24) is 4.98 Å². The van der Waals surface area contributed by atoms with Gasteiger partial charge in [-0.2, -0.15) is 14.0 Å². The third kappa shape index (κ3) is 4.82. The third-order valence-electron chi connectivity index (χ3n) is 2.11. The molecule has 2 aromatic rings. The molecule has 0 aliphatic rings. The topological polar surface area (TPSA) is 45.9 Å². The van der Waals surface area contributed by atoms with Crippen molar-refractivity contribution in [3.05, 3.63) is 47.6 Å². The molecule has 0 N–H and O–H groups in total. The van der Waals surface area contributed by atoms with Crippen molar-refractivity contribution in [3.63, 3.8) is 0 Å². The summed E-state index contributed by atoms with van der Waals surface area (Å²) in [5.74, 6) is -0.107. The lowest BCUT2D eigenvalue weighted by molar-refractivity contribution is -0.0524. The highest BCUT2D eigenvalue weighted by molar-refractivity contribution is 6.30. The maximum atomic E-state index is 12.2. The molecule has 0 bridgehead atoms. The largest absolute Gasteiger partial charge is 0.416 e. The Morgan fingerprint density at radius 3 is 2.60 bits per heavy atom. The molecule has 0 atom stereocenters. The van der Waals surface area contributed by atoms with Crippen LogP contribution in [0.4, 0.5) is 8.78 Å². The number of halogens is 3. The van der Waals surface area contributed by atoms with Crippen molar-refractivity contribution in [2.24, 2.45) is 0 Å². The van der Waals surface area contributed by atoms with Crippen LogP contribution in [0.1, 0.15) is 6.92 Å². The van der Waals surface area contributed by atoms with Crippen LogP contribution in [0.3, 0.4) is 0 Å². The lowest BCUT2D eigenvalue weighted by Crippen LogP contribution is -2.04. The molecule has 1 aromatic heterocycles. The van der Waals surface area contributed by atoms with Crippen LogP contribution in [-0.2, 0) is 0 Å². The Morgan fingerprint density at radius 1 is 1.30 bits per heavy atom. The van der Waals surface area contributed by atoms with E-state index in [-0.39, 0.29) is 5.88 Å². The van der Waals surface area contributed by atoms with Crippen molar-refractivity contribution in [2.45, 2.75) is 13.5 Å². The van der Waals surface area contributed by atoms with Crippen LogP contribution in [0, 0.1) is 11.3 Å². The molecule has 2 rings (SSSR count). The standard InChI is InChI=1S/C12H8ClF2NO.C2H3N/c13-9-4-1-3-8(7-9)10-5-2-6-16-11(10)17-12(14)15;1-2-3/h1-7,12H;1H3. The van der Waals surface area contributed by atoms with Crippen molar-refractivity contribution in [1.29, 1.82) is 5.26 Å². The minimum Gasteiger partial charge on any atom is -0.416 e. The summed E-state index contributed by atoms with van der Waals surface area (Å²) in [5.41, 5.74) is 1.16. The van der Waals surface area contributed by atoms with E-state index in [4.69, 9.17) is 16.9 Å². The number of benzene rings is 1. The third-order valence-corrected chi connectivity index (χ3v) is 2.34. The smallest absolute Gasteiger partial charge is 0.388 e. The molecule has 0 fully saturated rings. The summed E-state index contributed by atoms with van der Waals surface area (Å²) in [6.07, 6.45) is 1.39. The fourth-order valence-corrected chi connectivity index (χ4v) is 1.64. The molecule has 0 saturated heterocycles. The second kappa shape index (κ2) is 8.08. The van der Waals surface area contributed by atoms with E-state index >= 15 is 0 Å². The zero-order valence-corrected chi connectivity index (χ0v) is 11.3. The second-order valence-corrected chi connectivity index (χ2v) is 3.91. The van der Waals surface area contributed by atoms with Crippen molar-refractivity contribution >= 4 is 11.6 Å². The number of nitriles is 1. The molecule has 104 valence electrons. The molecule has 0 spiro atoms. The Morgan fingerprint density at radius 2 is 2.00 bits per heavy atom. The lowest BCUT2D eigenvalue weighted by atomic mass is 10.1. The SMILES string of the molecule is CC#N.FC(F)Oc1ncccc1-c1cccc(Cl)c1. The van der Waals surface area contributed by atoms with E-state index in [9.17, 15) is 8.78 Å². The van der Waals surface area contributed by atoms with Gasteiger partial charge in [0.1, 0.15) is 0 Å². The van der Waals surface area contributed by atoms with Gasteiger partial charge in [-0.25, -0.2) is 4.98 Å². The molecule has 3 nitrogen and oxygen atoms in total. The maximum absolute atomic E-state index is 12.2. The highest BCUT2D eigenvalue weighted by Crippen LogP contribution is 2.30. The van der Waals surface area contributed by atoms with Gasteiger partial charge < -0.3 is 4.74 Å². The highest BCUT2D eigenvalue weighted by atomic mass is 35.5. The van der Waals surface area contributed by atoms with E-state index in [1.165, 1.54) is 13.1 Å². The summed E-state index contributed by atoms with van der Waals surface area (Å²) in [5, 5.41) is 7.84. The van der Waals surface area contributed by atoms with Gasteiger partial charge in [-0.05, 0) is 29.8 Å². The monoisotopic (exact) mass is 296 g/mol. The van der Waals surface area contributed by atoms with E-state index < -0.39 is 6.61 Å². The number of rotatable bonds is 3. The van der Waals surface area contributed by atoms with Gasteiger partial charge in [0, 0.05) is 23.7 Å². The summed E-state index contributed by atoms with van der Waals surface area (Å²) in [6, 6.07) is 11.9. The molecular formula is C14H11ClF2N2O. The molecule has 0 radical (unpaired) electrons. The van der Waals surface area contributed by atoms with E-state index in [0.717, 1.165) is 0 Å². The van der Waals surface area contributed by atoms with Crippen LogP contribution < -0.4 is 4.74 Å². The number of hydrogen-bond donors (Lipinski definition) is 0. The first kappa shape index (κ1) is 15.9. The zero-order chi connectivity index (χ0) is 15.0. The van der Waals surface area contributed by atoms with Gasteiger partial charge in [0.15, 0.2) is 0 Å². The van der Waals surface area contributed by atoms with Crippen molar-refractivity contribution < 1.29 is 13.5 Å². The lowest BCUT2D eigenvalue weighted by Gasteiger charge is -2.09. The summed E-state index contributed by atoms with van der Waals surface area (Å²) in [4.78, 5) is 3.78. The number of nitrogens with zero attached hydrogens (tertiary/aromatic N) is 2. The molecule has 20 heavy (non-hydrogen) atoms. The first-order valence-corrected chi connectivity index (χ1v) is 5.93. The predicted molar refractivity (Wildman–Crippen MR) is 72.6 cm³/mol. The zero-order valence-electron chi connectivity index (χ0n) is 10.6. The Hall–Kier alpha value is -2.19. The second-order valence-electron chi connectivity index (χ2n) is 3.47. The molecule has 0 unspecified atom stereocenters. The Labute approximate surface area is 120 Å². The van der Waals surface area contributed by atoms with E-state index in [0.29, 0.717) is 16.1 Å². The Kier molecular flexibility index (Phi) is 6.41. The molecule has 1 heterocycles. The minimum absolute atomic E-state index is 0.107. The number of alkyl halides is 2. The van der Waals surface area contributed by atoms with Crippen LogP contribution in [0.5, 0.6) is 5.88 Å². The molecule has 0 aliphatic heterocycles. The minimum atomic E-state index is -2.90. The van der Waals surface area contributed by atoms with Gasteiger partial charge in [-0.1, -0.05) is 23.7 Å². The van der Waals surface area contributed by atoms with Crippen LogP contribution in [0.15, 0.2) is 42.6 Å². The highest BCUT2D eigenvalue weighted by Gasteiger charge is 2.12. The predicted octanol–water partition coefficient (Wildman–Crippen LogP) is 4.53. The average molecular weight is 297 g/mol. The van der Waals surface area contributed by atoms with Crippen LogP contribution in [0.2, 0.25) is 5.02 Å². The number of ether oxygens (including phenoxy) is 1. The van der Waals surface area contributed by atoms with Gasteiger partial charge in [0.05, 0.1) is 6.07 Å². The fraction of sp³-hybridized carbons (Fsp3) is 0.143. The fourth-order valence-electron chi connectivity index (χ4n) is 1.44. The van der Waals surface area contributed by atoms with Crippen molar-refractivity contribution in [3.8, 4) is 23.1 Å². The summed E-state index contributed by atoms with van der Waals surface area (Å²) in [7, 11) is 0. The molecule has 6 heteroatoms. The molecule has 0 saturated carbocycles. The Bertz CT molecular complexity index is 600. The van der Waals surface area contributed by atoms with Gasteiger partial charge in [-0.15, -0.1) is 0 Å². The summed E-state index contributed by atoms with van der Waals surface area (Å²) < 4.78 is 28.8. The van der Waals surface area contributed by atoms with Crippen LogP contribution in [0.25, 0.3) is 11.1 Å². The first-order valence-electron chi connectivity index (χ1n) is 5.55. The number of hydrogen-bond acceptors (Lipinski definition) is 3. The van der Waals surface area contributed by atoms with Gasteiger partial charge in [0.25, 0.3) is 0 Å². The molecule has 0 aliphatic carbocycles. The van der Waals surface area contributed by atoms with Gasteiger partial charge in [-0.3, -0.25) is 0 Å². The Balaban J connectivity index is 0.000000612. The van der Waals surface area contributed by atoms with Gasteiger partial charge >= 0.3 is 6.61 Å². The van der Waals surface area contributed by atoms with Crippen molar-refractivity contribution in [2.75, 3.05) is 0 Å². The first-order chi connectivity index (χ1) is 9.58. The van der Waals surface area contributed by atoms with E-state index in [1.54, 1.807) is 42.5 Å². The normalized spacial score (nSPS) is 9.40. The van der Waals surface area contributed by atoms with Crippen LogP contribution >= 0.6 is 11.6 Å². The number of aromatic nitrogens is 1. The summed E-state index contributed by atoms with van der Waals surface area (Å²) >= 11 is 5.84. The summed E-state index contributed by atoms with van der Waals surface area (Å²) in [6.45, 7) is -1.47. The molecule has 0 amide bonds. The van der Waals surface area contributed by atoms with E-state index in [1.807, 2.05) is 0 Å². The molecular weight excluding hydrogens is 286 g/mol. The quantitative estimate of drug-likeness (QED) is 0.835. The average Bonchev–Trinajstić information content (AvgIpc) is 2.39. The van der Waals surface area contributed by atoms with Crippen LogP contribution in [-0.4, -0.2) is 11.6 Å². The maximum Gasteiger partial charge on any atom is 0.388 e.